The molecule has 0 fully saturated rings. The van der Waals surface area contributed by atoms with Gasteiger partial charge in [-0.3, -0.25) is 0 Å². The van der Waals surface area contributed by atoms with Crippen LogP contribution in [-0.2, 0) is 26.2 Å². The van der Waals surface area contributed by atoms with Gasteiger partial charge >= 0.3 is 5.97 Å². The van der Waals surface area contributed by atoms with Crippen LogP contribution in [0.3, 0.4) is 0 Å². The number of carbonyl (C=O) groups excluding carboxylic acids is 1. The number of nitrogens with zero attached hydrogens (tertiary/aromatic N) is 3. The predicted octanol–water partition coefficient (Wildman–Crippen LogP) is 7.72. The fraction of sp³-hybridized carbons (Fsp3) is 0.250. The zero-order chi connectivity index (χ0) is 31.8. The van der Waals surface area contributed by atoms with Crippen molar-refractivity contribution in [3.63, 3.8) is 0 Å². The number of hydrogen-bond donors (Lipinski definition) is 0. The average Bonchev–Trinajstić information content (AvgIpc) is 3.56. The van der Waals surface area contributed by atoms with E-state index in [1.807, 2.05) is 0 Å². The second kappa shape index (κ2) is 12.4. The molecule has 12 heteroatoms. The van der Waals surface area contributed by atoms with Crippen molar-refractivity contribution >= 4 is 51.0 Å². The fourth-order valence-corrected chi connectivity index (χ4v) is 7.89. The van der Waals surface area contributed by atoms with Crippen LogP contribution in [0.1, 0.15) is 15.9 Å². The highest BCUT2D eigenvalue weighted by Gasteiger charge is 2.32. The van der Waals surface area contributed by atoms with Gasteiger partial charge in [-0.05, 0) is 64.8 Å². The van der Waals surface area contributed by atoms with Crippen LogP contribution in [0.15, 0.2) is 82.4 Å². The molecule has 0 aliphatic carbocycles. The van der Waals surface area contributed by atoms with Gasteiger partial charge in [0.05, 0.1) is 27.9 Å². The summed E-state index contributed by atoms with van der Waals surface area (Å²) in [5.41, 5.74) is 2.31. The Morgan fingerprint density at radius 1 is 1.00 bits per heavy atom. The fourth-order valence-electron chi connectivity index (χ4n) is 5.03. The van der Waals surface area contributed by atoms with Crippen LogP contribution in [0.2, 0.25) is 25.7 Å². The van der Waals surface area contributed by atoms with Crippen LogP contribution < -0.4 is 0 Å². The van der Waals surface area contributed by atoms with E-state index in [9.17, 15) is 13.2 Å². The minimum absolute atomic E-state index is 0.00492. The minimum atomic E-state index is -3.96. The normalized spacial score (nSPS) is 12.2. The third-order valence-electron chi connectivity index (χ3n) is 7.37. The maximum Gasteiger partial charge on any atom is 0.341 e. The van der Waals surface area contributed by atoms with Gasteiger partial charge in [0.15, 0.2) is 5.65 Å². The van der Waals surface area contributed by atoms with Crippen molar-refractivity contribution in [2.45, 2.75) is 44.2 Å². The molecule has 230 valence electrons. The Kier molecular flexibility index (Phi) is 8.99. The van der Waals surface area contributed by atoms with Crippen LogP contribution in [0.5, 0.6) is 0 Å². The SMILES string of the molecule is COC(=O)c1c(Br)c(-c2ccnc3c2ccn3S(=O)(=O)c2ccccc2)n(COCC[Si](C)(C)C)c1-c1cccc(C)c1F. The van der Waals surface area contributed by atoms with Gasteiger partial charge < -0.3 is 14.0 Å². The molecule has 0 saturated heterocycles. The number of ether oxygens (including phenoxy) is 2. The molecule has 0 N–H and O–H groups in total. The number of halogens is 2. The molecule has 0 amide bonds. The van der Waals surface area contributed by atoms with Crippen molar-refractivity contribution < 1.29 is 27.1 Å². The highest BCUT2D eigenvalue weighted by atomic mass is 79.9. The van der Waals surface area contributed by atoms with E-state index in [-0.39, 0.29) is 34.1 Å². The number of benzene rings is 2. The summed E-state index contributed by atoms with van der Waals surface area (Å²) in [5, 5.41) is 0.515. The van der Waals surface area contributed by atoms with Crippen molar-refractivity contribution in [1.29, 1.82) is 0 Å². The third-order valence-corrected chi connectivity index (χ3v) is 11.5. The molecule has 3 heterocycles. The molecular weight excluding hydrogens is 665 g/mol. The number of aromatic nitrogens is 3. The summed E-state index contributed by atoms with van der Waals surface area (Å²) in [7, 11) is -4.11. The standard InChI is InChI=1S/C32H33BrFN3O5SSi/c1-21-10-9-13-25(28(21)34)29-26(32(38)41-2)27(33)30(36(29)20-42-18-19-44(3,4)5)23-14-16-35-31-24(23)15-17-37(31)43(39,40)22-11-7-6-8-12-22/h6-17H,18-20H2,1-5H3. The number of hydrogen-bond acceptors (Lipinski definition) is 6. The first-order valence-corrected chi connectivity index (χ1v) is 19.9. The number of carbonyl (C=O) groups is 1. The maximum atomic E-state index is 15.8. The van der Waals surface area contributed by atoms with Gasteiger partial charge in [-0.15, -0.1) is 0 Å². The number of fused-ring (bicyclic) bond motifs is 1. The number of esters is 1. The Hall–Kier alpha value is -3.58. The van der Waals surface area contributed by atoms with Crippen LogP contribution in [0, 0.1) is 12.7 Å². The molecule has 0 aliphatic rings. The summed E-state index contributed by atoms with van der Waals surface area (Å²) in [6.07, 6.45) is 2.97. The first kappa shape index (κ1) is 31.8. The van der Waals surface area contributed by atoms with E-state index in [2.05, 4.69) is 40.6 Å². The Labute approximate surface area is 265 Å². The lowest BCUT2D eigenvalue weighted by Crippen LogP contribution is -2.22. The molecule has 0 radical (unpaired) electrons. The summed E-state index contributed by atoms with van der Waals surface area (Å²) < 4.78 is 57.5. The second-order valence-electron chi connectivity index (χ2n) is 11.6. The van der Waals surface area contributed by atoms with Gasteiger partial charge in [-0.25, -0.2) is 26.6 Å². The van der Waals surface area contributed by atoms with E-state index >= 15 is 4.39 Å². The van der Waals surface area contributed by atoms with E-state index in [0.717, 1.165) is 10.0 Å². The van der Waals surface area contributed by atoms with Gasteiger partial charge in [-0.2, -0.15) is 0 Å². The van der Waals surface area contributed by atoms with Crippen LogP contribution >= 0.6 is 15.9 Å². The van der Waals surface area contributed by atoms with E-state index < -0.39 is 29.9 Å². The molecule has 8 nitrogen and oxygen atoms in total. The monoisotopic (exact) mass is 697 g/mol. The predicted molar refractivity (Wildman–Crippen MR) is 175 cm³/mol. The number of rotatable bonds is 10. The van der Waals surface area contributed by atoms with Crippen molar-refractivity contribution in [2.75, 3.05) is 13.7 Å². The van der Waals surface area contributed by atoms with Crippen molar-refractivity contribution in [3.05, 3.63) is 94.5 Å². The lowest BCUT2D eigenvalue weighted by atomic mass is 10.0. The van der Waals surface area contributed by atoms with Crippen LogP contribution in [-0.4, -0.2) is 49.7 Å². The lowest BCUT2D eigenvalue weighted by molar-refractivity contribution is 0.0599. The molecular formula is C32H33BrFN3O5SSi. The van der Waals surface area contributed by atoms with Gasteiger partial charge in [-0.1, -0.05) is 50.0 Å². The van der Waals surface area contributed by atoms with E-state index in [1.54, 1.807) is 60.0 Å². The smallest absolute Gasteiger partial charge is 0.341 e. The minimum Gasteiger partial charge on any atom is -0.465 e. The Balaban J connectivity index is 1.78. The molecule has 0 atom stereocenters. The molecule has 3 aromatic heterocycles. The summed E-state index contributed by atoms with van der Waals surface area (Å²) in [6, 6.07) is 17.4. The topological polar surface area (TPSA) is 92.4 Å². The molecule has 5 aromatic rings. The quantitative estimate of drug-likeness (QED) is 0.0843. The Bertz CT molecular complexity index is 1970. The highest BCUT2D eigenvalue weighted by molar-refractivity contribution is 9.10. The number of pyridine rings is 1. The highest BCUT2D eigenvalue weighted by Crippen LogP contribution is 2.44. The molecule has 0 spiro atoms. The van der Waals surface area contributed by atoms with E-state index in [4.69, 9.17) is 9.47 Å². The van der Waals surface area contributed by atoms with Crippen LogP contribution in [0.25, 0.3) is 33.5 Å². The first-order chi connectivity index (χ1) is 20.9. The lowest BCUT2D eigenvalue weighted by Gasteiger charge is -2.19. The average molecular weight is 699 g/mol. The molecule has 0 aliphatic heterocycles. The maximum absolute atomic E-state index is 15.8. The third kappa shape index (κ3) is 5.91. The summed E-state index contributed by atoms with van der Waals surface area (Å²) in [4.78, 5) is 17.9. The summed E-state index contributed by atoms with van der Waals surface area (Å²) >= 11 is 3.64. The van der Waals surface area contributed by atoms with Crippen molar-refractivity contribution in [3.8, 4) is 22.5 Å². The van der Waals surface area contributed by atoms with Gasteiger partial charge in [0.25, 0.3) is 10.0 Å². The Morgan fingerprint density at radius 3 is 2.41 bits per heavy atom. The van der Waals surface area contributed by atoms with E-state index in [0.29, 0.717) is 33.3 Å². The zero-order valence-corrected chi connectivity index (χ0v) is 28.5. The molecule has 0 bridgehead atoms. The van der Waals surface area contributed by atoms with Gasteiger partial charge in [0, 0.05) is 43.6 Å². The summed E-state index contributed by atoms with van der Waals surface area (Å²) in [6.45, 7) is 8.89. The van der Waals surface area contributed by atoms with Gasteiger partial charge in [0.2, 0.25) is 0 Å². The molecule has 2 aromatic carbocycles. The summed E-state index contributed by atoms with van der Waals surface area (Å²) in [5.74, 6) is -1.14. The molecule has 0 saturated carbocycles. The molecule has 0 unspecified atom stereocenters. The number of methoxy groups -OCH3 is 1. The second-order valence-corrected chi connectivity index (χ2v) is 19.8. The zero-order valence-electron chi connectivity index (χ0n) is 25.1. The molecule has 5 rings (SSSR count). The van der Waals surface area contributed by atoms with E-state index in [1.165, 1.54) is 31.6 Å². The van der Waals surface area contributed by atoms with Gasteiger partial charge in [0.1, 0.15) is 18.1 Å². The molecule has 44 heavy (non-hydrogen) atoms. The Morgan fingerprint density at radius 2 is 1.73 bits per heavy atom. The van der Waals surface area contributed by atoms with Crippen molar-refractivity contribution in [2.24, 2.45) is 0 Å². The number of aryl methyl sites for hydroxylation is 1. The van der Waals surface area contributed by atoms with Crippen LogP contribution in [0.4, 0.5) is 4.39 Å². The first-order valence-electron chi connectivity index (χ1n) is 14.0. The largest absolute Gasteiger partial charge is 0.465 e. The van der Waals surface area contributed by atoms with Crippen molar-refractivity contribution in [1.82, 2.24) is 13.5 Å².